The second kappa shape index (κ2) is 9.26. The minimum absolute atomic E-state index is 0.155. The predicted molar refractivity (Wildman–Crippen MR) is 84.2 cm³/mol. The van der Waals surface area contributed by atoms with E-state index in [2.05, 4.69) is 13.8 Å². The SMILES string of the molecule is CCCCCCCC(CCCC)c1ccoc1S(=O)(=O)O. The molecule has 0 fully saturated rings. The van der Waals surface area contributed by atoms with Crippen molar-refractivity contribution >= 4 is 10.1 Å². The monoisotopic (exact) mass is 316 g/mol. The second-order valence-electron chi connectivity index (χ2n) is 5.68. The molecule has 0 saturated heterocycles. The first-order chi connectivity index (χ1) is 10.0. The molecule has 4 nitrogen and oxygen atoms in total. The zero-order valence-corrected chi connectivity index (χ0v) is 14.0. The van der Waals surface area contributed by atoms with Gasteiger partial charge in [0.2, 0.25) is 5.09 Å². The Morgan fingerprint density at radius 3 is 2.29 bits per heavy atom. The fourth-order valence-electron chi connectivity index (χ4n) is 2.72. The van der Waals surface area contributed by atoms with Crippen LogP contribution < -0.4 is 0 Å². The fraction of sp³-hybridized carbons (Fsp3) is 0.750. The molecule has 0 amide bonds. The van der Waals surface area contributed by atoms with Crippen molar-refractivity contribution < 1.29 is 17.4 Å². The van der Waals surface area contributed by atoms with Crippen LogP contribution in [0.1, 0.15) is 83.1 Å². The first-order valence-electron chi connectivity index (χ1n) is 8.05. The highest BCUT2D eigenvalue weighted by molar-refractivity contribution is 7.85. The van der Waals surface area contributed by atoms with Gasteiger partial charge in [-0.1, -0.05) is 58.8 Å². The van der Waals surface area contributed by atoms with Gasteiger partial charge in [-0.25, -0.2) is 0 Å². The molecule has 1 N–H and O–H groups in total. The molecule has 122 valence electrons. The Morgan fingerprint density at radius 2 is 1.67 bits per heavy atom. The van der Waals surface area contributed by atoms with Crippen molar-refractivity contribution in [2.75, 3.05) is 0 Å². The predicted octanol–water partition coefficient (Wildman–Crippen LogP) is 5.16. The first-order valence-corrected chi connectivity index (χ1v) is 9.49. The molecule has 0 bridgehead atoms. The molecule has 1 unspecified atom stereocenters. The average Bonchev–Trinajstić information content (AvgIpc) is 2.91. The van der Waals surface area contributed by atoms with Crippen LogP contribution in [0.25, 0.3) is 0 Å². The van der Waals surface area contributed by atoms with Crippen LogP contribution in [0.4, 0.5) is 0 Å². The molecule has 0 aromatic carbocycles. The van der Waals surface area contributed by atoms with E-state index in [1.165, 1.54) is 31.9 Å². The van der Waals surface area contributed by atoms with E-state index in [1.54, 1.807) is 6.07 Å². The molecule has 1 heterocycles. The van der Waals surface area contributed by atoms with Crippen molar-refractivity contribution in [3.05, 3.63) is 17.9 Å². The van der Waals surface area contributed by atoms with Gasteiger partial charge < -0.3 is 4.42 Å². The van der Waals surface area contributed by atoms with Gasteiger partial charge >= 0.3 is 10.1 Å². The molecule has 1 atom stereocenters. The molecule has 0 aliphatic carbocycles. The molecule has 0 saturated carbocycles. The van der Waals surface area contributed by atoms with Gasteiger partial charge in [-0.2, -0.15) is 8.42 Å². The van der Waals surface area contributed by atoms with Crippen LogP contribution in [0.5, 0.6) is 0 Å². The highest BCUT2D eigenvalue weighted by atomic mass is 32.2. The summed E-state index contributed by atoms with van der Waals surface area (Å²) in [5.41, 5.74) is 0.640. The van der Waals surface area contributed by atoms with Crippen LogP contribution in [0.2, 0.25) is 0 Å². The summed E-state index contributed by atoms with van der Waals surface area (Å²) in [6, 6.07) is 1.69. The molecule has 1 aromatic heterocycles. The summed E-state index contributed by atoms with van der Waals surface area (Å²) in [7, 11) is -4.27. The summed E-state index contributed by atoms with van der Waals surface area (Å²) in [6.07, 6.45) is 11.3. The minimum Gasteiger partial charge on any atom is -0.451 e. The van der Waals surface area contributed by atoms with Gasteiger partial charge in [-0.15, -0.1) is 0 Å². The Kier molecular flexibility index (Phi) is 8.04. The number of hydrogen-bond donors (Lipinski definition) is 1. The summed E-state index contributed by atoms with van der Waals surface area (Å²) in [5, 5.41) is -0.267. The van der Waals surface area contributed by atoms with E-state index >= 15 is 0 Å². The smallest absolute Gasteiger partial charge is 0.328 e. The molecular formula is C16H28O4S. The van der Waals surface area contributed by atoms with E-state index in [0.717, 1.165) is 32.1 Å². The first kappa shape index (κ1) is 18.2. The van der Waals surface area contributed by atoms with E-state index in [4.69, 9.17) is 4.42 Å². The maximum absolute atomic E-state index is 11.4. The lowest BCUT2D eigenvalue weighted by Gasteiger charge is -2.16. The normalized spacial score (nSPS) is 13.5. The van der Waals surface area contributed by atoms with Crippen molar-refractivity contribution in [2.24, 2.45) is 0 Å². The molecule has 0 spiro atoms. The van der Waals surface area contributed by atoms with E-state index < -0.39 is 10.1 Å². The molecule has 0 aliphatic rings. The Balaban J connectivity index is 2.71. The molecule has 21 heavy (non-hydrogen) atoms. The summed E-state index contributed by atoms with van der Waals surface area (Å²) < 4.78 is 37.0. The second-order valence-corrected chi connectivity index (χ2v) is 7.00. The average molecular weight is 316 g/mol. The molecule has 0 aliphatic heterocycles. The van der Waals surface area contributed by atoms with Gasteiger partial charge in [-0.05, 0) is 24.8 Å². The van der Waals surface area contributed by atoms with Crippen LogP contribution >= 0.6 is 0 Å². The van der Waals surface area contributed by atoms with Crippen molar-refractivity contribution in [3.63, 3.8) is 0 Å². The summed E-state index contributed by atoms with van der Waals surface area (Å²) >= 11 is 0. The Morgan fingerprint density at radius 1 is 1.05 bits per heavy atom. The highest BCUT2D eigenvalue weighted by Gasteiger charge is 2.25. The summed E-state index contributed by atoms with van der Waals surface area (Å²) in [6.45, 7) is 4.31. The lowest BCUT2D eigenvalue weighted by atomic mass is 9.90. The Labute approximate surface area is 128 Å². The van der Waals surface area contributed by atoms with Crippen LogP contribution in [0.3, 0.4) is 0 Å². The zero-order valence-electron chi connectivity index (χ0n) is 13.2. The van der Waals surface area contributed by atoms with E-state index in [9.17, 15) is 13.0 Å². The largest absolute Gasteiger partial charge is 0.451 e. The number of rotatable bonds is 11. The van der Waals surface area contributed by atoms with Crippen LogP contribution in [0, 0.1) is 0 Å². The lowest BCUT2D eigenvalue weighted by molar-refractivity contribution is 0.392. The third-order valence-corrected chi connectivity index (χ3v) is 4.70. The van der Waals surface area contributed by atoms with Crippen LogP contribution in [-0.4, -0.2) is 13.0 Å². The third kappa shape index (κ3) is 6.22. The quantitative estimate of drug-likeness (QED) is 0.452. The van der Waals surface area contributed by atoms with Gasteiger partial charge in [0.15, 0.2) is 0 Å². The van der Waals surface area contributed by atoms with Crippen LogP contribution in [0.15, 0.2) is 21.8 Å². The minimum atomic E-state index is -4.27. The van der Waals surface area contributed by atoms with Gasteiger partial charge in [0.25, 0.3) is 0 Å². The van der Waals surface area contributed by atoms with Crippen molar-refractivity contribution in [2.45, 2.75) is 82.6 Å². The highest BCUT2D eigenvalue weighted by Crippen LogP contribution is 2.33. The molecule has 5 heteroatoms. The maximum Gasteiger partial charge on any atom is 0.328 e. The topological polar surface area (TPSA) is 67.5 Å². The molecule has 0 radical (unpaired) electrons. The van der Waals surface area contributed by atoms with Crippen LogP contribution in [-0.2, 0) is 10.1 Å². The maximum atomic E-state index is 11.4. The number of unbranched alkanes of at least 4 members (excludes halogenated alkanes) is 5. The zero-order chi connectivity index (χ0) is 15.7. The fourth-order valence-corrected chi connectivity index (χ4v) is 3.43. The van der Waals surface area contributed by atoms with Crippen molar-refractivity contribution in [1.82, 2.24) is 0 Å². The van der Waals surface area contributed by atoms with E-state index in [1.807, 2.05) is 0 Å². The summed E-state index contributed by atoms with van der Waals surface area (Å²) in [5.74, 6) is 0.155. The lowest BCUT2D eigenvalue weighted by Crippen LogP contribution is -2.06. The van der Waals surface area contributed by atoms with E-state index in [0.29, 0.717) is 5.56 Å². The third-order valence-electron chi connectivity index (χ3n) is 3.89. The van der Waals surface area contributed by atoms with Crippen molar-refractivity contribution in [1.29, 1.82) is 0 Å². The van der Waals surface area contributed by atoms with Gasteiger partial charge in [0.1, 0.15) is 0 Å². The number of furan rings is 1. The number of hydrogen-bond acceptors (Lipinski definition) is 3. The van der Waals surface area contributed by atoms with E-state index in [-0.39, 0.29) is 11.0 Å². The Hall–Kier alpha value is -0.810. The van der Waals surface area contributed by atoms with Gasteiger partial charge in [0, 0.05) is 5.56 Å². The molecule has 1 rings (SSSR count). The van der Waals surface area contributed by atoms with Gasteiger partial charge in [-0.3, -0.25) is 4.55 Å². The van der Waals surface area contributed by atoms with Crippen molar-refractivity contribution in [3.8, 4) is 0 Å². The molecule has 1 aromatic rings. The summed E-state index contributed by atoms with van der Waals surface area (Å²) in [4.78, 5) is 0. The van der Waals surface area contributed by atoms with Gasteiger partial charge in [0.05, 0.1) is 6.26 Å². The molecular weight excluding hydrogens is 288 g/mol. The Bertz CT molecular complexity index is 490. The standard InChI is InChI=1S/C16H28O4S/c1-3-5-7-8-9-11-14(10-6-4-2)15-12-13-20-16(15)21(17,18)19/h12-14H,3-11H2,1-2H3,(H,17,18,19).